The summed E-state index contributed by atoms with van der Waals surface area (Å²) >= 11 is 0. The summed E-state index contributed by atoms with van der Waals surface area (Å²) in [6, 6.07) is -0.188. The Kier molecular flexibility index (Phi) is 4.90. The van der Waals surface area contributed by atoms with Crippen LogP contribution in [0.2, 0.25) is 0 Å². The van der Waals surface area contributed by atoms with Crippen molar-refractivity contribution in [1.82, 2.24) is 10.6 Å². The molecule has 1 saturated heterocycles. The van der Waals surface area contributed by atoms with E-state index in [4.69, 9.17) is 0 Å². The van der Waals surface area contributed by atoms with Gasteiger partial charge in [0.15, 0.2) is 0 Å². The van der Waals surface area contributed by atoms with Crippen LogP contribution in [0.15, 0.2) is 0 Å². The van der Waals surface area contributed by atoms with Crippen LogP contribution in [0, 0.1) is 0 Å². The van der Waals surface area contributed by atoms with Crippen molar-refractivity contribution >= 4 is 5.91 Å². The smallest absolute Gasteiger partial charge is 0.237 e. The molecule has 1 aliphatic rings. The monoisotopic (exact) mass is 200 g/mol. The van der Waals surface area contributed by atoms with Crippen molar-refractivity contribution in [3.63, 3.8) is 0 Å². The SMILES string of the molecule is CCCCCNC(=O)C1CC(O)CN1. The van der Waals surface area contributed by atoms with E-state index in [1.807, 2.05) is 0 Å². The Morgan fingerprint density at radius 3 is 2.93 bits per heavy atom. The number of carbonyl (C=O) groups is 1. The number of amides is 1. The Bertz CT molecular complexity index is 185. The van der Waals surface area contributed by atoms with Crippen LogP contribution in [-0.4, -0.2) is 36.2 Å². The van der Waals surface area contributed by atoms with Gasteiger partial charge in [-0.05, 0) is 12.8 Å². The van der Waals surface area contributed by atoms with E-state index in [1.54, 1.807) is 0 Å². The van der Waals surface area contributed by atoms with E-state index >= 15 is 0 Å². The van der Waals surface area contributed by atoms with Gasteiger partial charge >= 0.3 is 0 Å². The lowest BCUT2D eigenvalue weighted by Gasteiger charge is -2.10. The van der Waals surface area contributed by atoms with Crippen LogP contribution < -0.4 is 10.6 Å². The van der Waals surface area contributed by atoms with Gasteiger partial charge in [-0.3, -0.25) is 4.79 Å². The van der Waals surface area contributed by atoms with Crippen LogP contribution in [0.1, 0.15) is 32.6 Å². The molecule has 1 aliphatic heterocycles. The average Bonchev–Trinajstić information content (AvgIpc) is 2.59. The molecule has 0 radical (unpaired) electrons. The van der Waals surface area contributed by atoms with E-state index in [0.29, 0.717) is 13.0 Å². The summed E-state index contributed by atoms with van der Waals surface area (Å²) in [5.74, 6) is 0.0256. The van der Waals surface area contributed by atoms with Crippen LogP contribution in [0.3, 0.4) is 0 Å². The van der Waals surface area contributed by atoms with Gasteiger partial charge in [-0.2, -0.15) is 0 Å². The maximum atomic E-state index is 11.5. The molecule has 4 nitrogen and oxygen atoms in total. The van der Waals surface area contributed by atoms with Crippen molar-refractivity contribution in [2.24, 2.45) is 0 Å². The Labute approximate surface area is 85.1 Å². The predicted molar refractivity (Wildman–Crippen MR) is 54.9 cm³/mol. The molecule has 14 heavy (non-hydrogen) atoms. The number of aliphatic hydroxyl groups is 1. The molecule has 1 amide bonds. The Morgan fingerprint density at radius 1 is 1.57 bits per heavy atom. The molecule has 0 aromatic heterocycles. The van der Waals surface area contributed by atoms with Crippen molar-refractivity contribution in [1.29, 1.82) is 0 Å². The summed E-state index contributed by atoms with van der Waals surface area (Å²) in [6.07, 6.45) is 3.54. The molecule has 4 heteroatoms. The van der Waals surface area contributed by atoms with Gasteiger partial charge in [0.1, 0.15) is 0 Å². The topological polar surface area (TPSA) is 61.4 Å². The molecule has 0 aliphatic carbocycles. The van der Waals surface area contributed by atoms with E-state index in [0.717, 1.165) is 25.8 Å². The third-order valence-electron chi connectivity index (χ3n) is 2.50. The summed E-state index contributed by atoms with van der Waals surface area (Å²) in [6.45, 7) is 3.42. The van der Waals surface area contributed by atoms with E-state index in [9.17, 15) is 9.90 Å². The first kappa shape index (κ1) is 11.5. The summed E-state index contributed by atoms with van der Waals surface area (Å²) in [5, 5.41) is 15.1. The zero-order valence-corrected chi connectivity index (χ0v) is 8.75. The second kappa shape index (κ2) is 5.98. The Morgan fingerprint density at radius 2 is 2.36 bits per heavy atom. The summed E-state index contributed by atoms with van der Waals surface area (Å²) in [5.41, 5.74) is 0. The van der Waals surface area contributed by atoms with Gasteiger partial charge < -0.3 is 15.7 Å². The average molecular weight is 200 g/mol. The van der Waals surface area contributed by atoms with Crippen molar-refractivity contribution < 1.29 is 9.90 Å². The fraction of sp³-hybridized carbons (Fsp3) is 0.900. The van der Waals surface area contributed by atoms with E-state index in [1.165, 1.54) is 0 Å². The number of hydrogen-bond acceptors (Lipinski definition) is 3. The molecule has 0 aromatic carbocycles. The summed E-state index contributed by atoms with van der Waals surface area (Å²) in [7, 11) is 0. The molecule has 1 heterocycles. The van der Waals surface area contributed by atoms with E-state index < -0.39 is 0 Å². The summed E-state index contributed by atoms with van der Waals surface area (Å²) < 4.78 is 0. The fourth-order valence-electron chi connectivity index (χ4n) is 1.63. The third kappa shape index (κ3) is 3.64. The second-order valence-electron chi connectivity index (χ2n) is 3.85. The highest BCUT2D eigenvalue weighted by molar-refractivity contribution is 5.82. The van der Waals surface area contributed by atoms with Gasteiger partial charge in [0, 0.05) is 13.1 Å². The van der Waals surface area contributed by atoms with E-state index in [2.05, 4.69) is 17.6 Å². The second-order valence-corrected chi connectivity index (χ2v) is 3.85. The van der Waals surface area contributed by atoms with Crippen LogP contribution in [-0.2, 0) is 4.79 Å². The number of β-amino-alcohol motifs (C(OH)–C–C–N with tert-alkyl or cyclic N) is 1. The van der Waals surface area contributed by atoms with E-state index in [-0.39, 0.29) is 18.1 Å². The number of nitrogens with one attached hydrogen (secondary N) is 2. The first-order valence-corrected chi connectivity index (χ1v) is 5.43. The zero-order chi connectivity index (χ0) is 10.4. The number of aliphatic hydroxyl groups excluding tert-OH is 1. The van der Waals surface area contributed by atoms with Crippen LogP contribution in [0.25, 0.3) is 0 Å². The van der Waals surface area contributed by atoms with Gasteiger partial charge in [0.2, 0.25) is 5.91 Å². The third-order valence-corrected chi connectivity index (χ3v) is 2.50. The first-order chi connectivity index (χ1) is 6.74. The number of carbonyl (C=O) groups excluding carboxylic acids is 1. The molecule has 2 atom stereocenters. The predicted octanol–water partition coefficient (Wildman–Crippen LogP) is 0.0156. The highest BCUT2D eigenvalue weighted by Gasteiger charge is 2.27. The van der Waals surface area contributed by atoms with Crippen molar-refractivity contribution in [2.45, 2.75) is 44.8 Å². The maximum Gasteiger partial charge on any atom is 0.237 e. The number of hydrogen-bond donors (Lipinski definition) is 3. The standard InChI is InChI=1S/C10H20N2O2/c1-2-3-4-5-11-10(14)9-6-8(13)7-12-9/h8-9,12-13H,2-7H2,1H3,(H,11,14). The molecule has 1 fully saturated rings. The normalized spacial score (nSPS) is 26.4. The van der Waals surface area contributed by atoms with Gasteiger partial charge in [0.25, 0.3) is 0 Å². The molecule has 0 aromatic rings. The van der Waals surface area contributed by atoms with Gasteiger partial charge in [-0.15, -0.1) is 0 Å². The Balaban J connectivity index is 2.09. The molecule has 0 saturated carbocycles. The molecule has 0 spiro atoms. The molecule has 82 valence electrons. The highest BCUT2D eigenvalue weighted by Crippen LogP contribution is 2.05. The van der Waals surface area contributed by atoms with Gasteiger partial charge in [-0.25, -0.2) is 0 Å². The lowest BCUT2D eigenvalue weighted by Crippen LogP contribution is -2.40. The van der Waals surface area contributed by atoms with Gasteiger partial charge in [0.05, 0.1) is 12.1 Å². The fourth-order valence-corrected chi connectivity index (χ4v) is 1.63. The molecule has 1 rings (SSSR count). The molecular formula is C10H20N2O2. The highest BCUT2D eigenvalue weighted by atomic mass is 16.3. The van der Waals surface area contributed by atoms with Crippen LogP contribution >= 0.6 is 0 Å². The van der Waals surface area contributed by atoms with Crippen LogP contribution in [0.5, 0.6) is 0 Å². The van der Waals surface area contributed by atoms with Crippen molar-refractivity contribution in [2.75, 3.05) is 13.1 Å². The lowest BCUT2D eigenvalue weighted by molar-refractivity contribution is -0.122. The van der Waals surface area contributed by atoms with Crippen molar-refractivity contribution in [3.8, 4) is 0 Å². The molecule has 0 bridgehead atoms. The van der Waals surface area contributed by atoms with Crippen molar-refractivity contribution in [3.05, 3.63) is 0 Å². The first-order valence-electron chi connectivity index (χ1n) is 5.43. The number of unbranched alkanes of at least 4 members (excludes halogenated alkanes) is 2. The molecular weight excluding hydrogens is 180 g/mol. The minimum absolute atomic E-state index is 0.0256. The maximum absolute atomic E-state index is 11.5. The van der Waals surface area contributed by atoms with Gasteiger partial charge in [-0.1, -0.05) is 19.8 Å². The Hall–Kier alpha value is -0.610. The lowest BCUT2D eigenvalue weighted by atomic mass is 10.2. The minimum atomic E-state index is -0.360. The molecule has 3 N–H and O–H groups in total. The summed E-state index contributed by atoms with van der Waals surface area (Å²) in [4.78, 5) is 11.5. The zero-order valence-electron chi connectivity index (χ0n) is 8.75. The number of rotatable bonds is 5. The largest absolute Gasteiger partial charge is 0.392 e. The van der Waals surface area contributed by atoms with Crippen LogP contribution in [0.4, 0.5) is 0 Å². The minimum Gasteiger partial charge on any atom is -0.392 e. The molecule has 2 unspecified atom stereocenters. The quantitative estimate of drug-likeness (QED) is 0.548.